The number of carbonyl (C=O) groups excluding carboxylic acids is 1. The molecular formula is C11H18N2O3. The predicted octanol–water partition coefficient (Wildman–Crippen LogP) is 0.904. The third-order valence-electron chi connectivity index (χ3n) is 2.12. The Morgan fingerprint density at radius 2 is 2.12 bits per heavy atom. The second-order valence-electron chi connectivity index (χ2n) is 3.35. The Kier molecular flexibility index (Phi) is 6.77. The molecule has 0 fully saturated rings. The molecule has 0 radical (unpaired) electrons. The van der Waals surface area contributed by atoms with E-state index in [1.807, 2.05) is 6.92 Å². The van der Waals surface area contributed by atoms with Crippen molar-refractivity contribution < 1.29 is 14.7 Å². The maximum Gasteiger partial charge on any atom is 0.326 e. The maximum atomic E-state index is 11.6. The van der Waals surface area contributed by atoms with Crippen molar-refractivity contribution in [1.29, 1.82) is 0 Å². The molecule has 0 aliphatic carbocycles. The van der Waals surface area contributed by atoms with Gasteiger partial charge in [-0.2, -0.15) is 0 Å². The molecule has 0 aliphatic heterocycles. The lowest BCUT2D eigenvalue weighted by atomic mass is 10.2. The van der Waals surface area contributed by atoms with E-state index in [-0.39, 0.29) is 6.54 Å². The second kappa shape index (κ2) is 7.57. The van der Waals surface area contributed by atoms with Crippen molar-refractivity contribution in [3.63, 3.8) is 0 Å². The number of aliphatic carboxylic acids is 1. The Balaban J connectivity index is 4.38. The molecule has 0 spiro atoms. The summed E-state index contributed by atoms with van der Waals surface area (Å²) < 4.78 is 0. The number of amides is 2. The van der Waals surface area contributed by atoms with E-state index in [2.05, 4.69) is 11.2 Å². The predicted molar refractivity (Wildman–Crippen MR) is 60.9 cm³/mol. The summed E-state index contributed by atoms with van der Waals surface area (Å²) in [6.07, 6.45) is 6.21. The first-order chi connectivity index (χ1) is 7.56. The molecule has 5 nitrogen and oxygen atoms in total. The SMILES string of the molecule is C#CCN(CC)C(=O)N[C@@H](CCC)C(=O)O. The van der Waals surface area contributed by atoms with Gasteiger partial charge in [0.1, 0.15) is 6.04 Å². The molecule has 0 aromatic carbocycles. The van der Waals surface area contributed by atoms with E-state index in [0.29, 0.717) is 19.4 Å². The maximum absolute atomic E-state index is 11.6. The fourth-order valence-corrected chi connectivity index (χ4v) is 1.22. The van der Waals surface area contributed by atoms with Gasteiger partial charge in [0.05, 0.1) is 6.54 Å². The highest BCUT2D eigenvalue weighted by Gasteiger charge is 2.21. The summed E-state index contributed by atoms with van der Waals surface area (Å²) >= 11 is 0. The highest BCUT2D eigenvalue weighted by atomic mass is 16.4. The molecule has 2 amide bonds. The average Bonchev–Trinajstić information content (AvgIpc) is 2.24. The number of urea groups is 1. The number of terminal acetylenes is 1. The third-order valence-corrected chi connectivity index (χ3v) is 2.12. The summed E-state index contributed by atoms with van der Waals surface area (Å²) in [5.74, 6) is 1.33. The molecule has 1 atom stereocenters. The Labute approximate surface area is 95.8 Å². The number of hydrogen-bond donors (Lipinski definition) is 2. The van der Waals surface area contributed by atoms with E-state index < -0.39 is 18.0 Å². The average molecular weight is 226 g/mol. The van der Waals surface area contributed by atoms with Crippen LogP contribution in [0.5, 0.6) is 0 Å². The number of carboxylic acid groups (broad SMARTS) is 1. The lowest BCUT2D eigenvalue weighted by molar-refractivity contribution is -0.139. The molecule has 0 aliphatic rings. The van der Waals surface area contributed by atoms with Gasteiger partial charge < -0.3 is 15.3 Å². The van der Waals surface area contributed by atoms with Crippen LogP contribution in [0.4, 0.5) is 4.79 Å². The lowest BCUT2D eigenvalue weighted by Gasteiger charge is -2.21. The number of nitrogens with zero attached hydrogens (tertiary/aromatic N) is 1. The summed E-state index contributed by atoms with van der Waals surface area (Å²) in [6, 6.07) is -1.27. The third kappa shape index (κ3) is 4.69. The summed E-state index contributed by atoms with van der Waals surface area (Å²) in [4.78, 5) is 23.8. The van der Waals surface area contributed by atoms with E-state index in [9.17, 15) is 9.59 Å². The fourth-order valence-electron chi connectivity index (χ4n) is 1.22. The molecule has 5 heteroatoms. The van der Waals surface area contributed by atoms with Crippen molar-refractivity contribution in [2.45, 2.75) is 32.7 Å². The lowest BCUT2D eigenvalue weighted by Crippen LogP contribution is -2.48. The van der Waals surface area contributed by atoms with Crippen LogP contribution in [0, 0.1) is 12.3 Å². The van der Waals surface area contributed by atoms with Gasteiger partial charge in [0.15, 0.2) is 0 Å². The first kappa shape index (κ1) is 14.3. The van der Waals surface area contributed by atoms with Crippen LogP contribution in [0.1, 0.15) is 26.7 Å². The van der Waals surface area contributed by atoms with E-state index in [0.717, 1.165) is 0 Å². The van der Waals surface area contributed by atoms with Gasteiger partial charge in [0, 0.05) is 6.54 Å². The summed E-state index contributed by atoms with van der Waals surface area (Å²) in [5, 5.41) is 11.3. The Morgan fingerprint density at radius 3 is 2.50 bits per heavy atom. The van der Waals surface area contributed by atoms with Gasteiger partial charge in [-0.25, -0.2) is 9.59 Å². The number of carbonyl (C=O) groups is 2. The molecule has 0 rings (SSSR count). The fraction of sp³-hybridized carbons (Fsp3) is 0.636. The quantitative estimate of drug-likeness (QED) is 0.661. The first-order valence-corrected chi connectivity index (χ1v) is 5.28. The highest BCUT2D eigenvalue weighted by molar-refractivity contribution is 5.82. The largest absolute Gasteiger partial charge is 0.480 e. The van der Waals surface area contributed by atoms with E-state index in [1.165, 1.54) is 4.90 Å². The molecule has 90 valence electrons. The Hall–Kier alpha value is -1.70. The molecule has 0 aromatic rings. The van der Waals surface area contributed by atoms with Gasteiger partial charge >= 0.3 is 12.0 Å². The van der Waals surface area contributed by atoms with Crippen molar-refractivity contribution >= 4 is 12.0 Å². The van der Waals surface area contributed by atoms with Crippen molar-refractivity contribution in [2.24, 2.45) is 0 Å². The molecule has 0 unspecified atom stereocenters. The highest BCUT2D eigenvalue weighted by Crippen LogP contribution is 1.99. The van der Waals surface area contributed by atoms with E-state index in [4.69, 9.17) is 11.5 Å². The van der Waals surface area contributed by atoms with Crippen LogP contribution in [-0.4, -0.2) is 41.1 Å². The minimum atomic E-state index is -1.02. The number of nitrogens with one attached hydrogen (secondary N) is 1. The van der Waals surface area contributed by atoms with Crippen LogP contribution in [0.3, 0.4) is 0 Å². The summed E-state index contributed by atoms with van der Waals surface area (Å²) in [7, 11) is 0. The van der Waals surface area contributed by atoms with Crippen molar-refractivity contribution in [3.05, 3.63) is 0 Å². The molecule has 0 aromatic heterocycles. The molecular weight excluding hydrogens is 208 g/mol. The molecule has 0 saturated carbocycles. The van der Waals surface area contributed by atoms with Crippen molar-refractivity contribution in [2.75, 3.05) is 13.1 Å². The monoisotopic (exact) mass is 226 g/mol. The minimum Gasteiger partial charge on any atom is -0.480 e. The molecule has 0 heterocycles. The van der Waals surface area contributed by atoms with Gasteiger partial charge in [0.2, 0.25) is 0 Å². The van der Waals surface area contributed by atoms with Crippen molar-refractivity contribution in [1.82, 2.24) is 10.2 Å². The summed E-state index contributed by atoms with van der Waals surface area (Å²) in [6.45, 7) is 4.28. The zero-order valence-corrected chi connectivity index (χ0v) is 9.69. The van der Waals surface area contributed by atoms with Gasteiger partial charge in [-0.3, -0.25) is 0 Å². The standard InChI is InChI=1S/C11H18N2O3/c1-4-7-9(10(14)15)12-11(16)13(6-3)8-5-2/h2,9H,4,6-8H2,1,3H3,(H,12,16)(H,14,15)/t9-/m0/s1. The summed E-state index contributed by atoms with van der Waals surface area (Å²) in [5.41, 5.74) is 0. The van der Waals surface area contributed by atoms with Gasteiger partial charge in [-0.15, -0.1) is 6.42 Å². The normalized spacial score (nSPS) is 11.3. The molecule has 0 saturated heterocycles. The van der Waals surface area contributed by atoms with Gasteiger partial charge in [-0.1, -0.05) is 19.3 Å². The van der Waals surface area contributed by atoms with Crippen molar-refractivity contribution in [3.8, 4) is 12.3 Å². The smallest absolute Gasteiger partial charge is 0.326 e. The van der Waals surface area contributed by atoms with Gasteiger partial charge in [-0.05, 0) is 13.3 Å². The topological polar surface area (TPSA) is 69.6 Å². The number of hydrogen-bond acceptors (Lipinski definition) is 2. The zero-order chi connectivity index (χ0) is 12.6. The van der Waals surface area contributed by atoms with E-state index in [1.54, 1.807) is 6.92 Å². The van der Waals surface area contributed by atoms with Gasteiger partial charge in [0.25, 0.3) is 0 Å². The van der Waals surface area contributed by atoms with Crippen LogP contribution in [0.2, 0.25) is 0 Å². The molecule has 0 bridgehead atoms. The van der Waals surface area contributed by atoms with Crippen LogP contribution < -0.4 is 5.32 Å². The van der Waals surface area contributed by atoms with Crippen LogP contribution in [-0.2, 0) is 4.79 Å². The Bertz CT molecular complexity index is 283. The minimum absolute atomic E-state index is 0.181. The Morgan fingerprint density at radius 1 is 1.50 bits per heavy atom. The zero-order valence-electron chi connectivity index (χ0n) is 9.69. The molecule has 2 N–H and O–H groups in total. The van der Waals surface area contributed by atoms with Crippen LogP contribution in [0.15, 0.2) is 0 Å². The first-order valence-electron chi connectivity index (χ1n) is 5.28. The van der Waals surface area contributed by atoms with E-state index >= 15 is 0 Å². The number of rotatable bonds is 6. The second-order valence-corrected chi connectivity index (χ2v) is 3.35. The van der Waals surface area contributed by atoms with Crippen LogP contribution in [0.25, 0.3) is 0 Å². The van der Waals surface area contributed by atoms with Crippen LogP contribution >= 0.6 is 0 Å². The molecule has 16 heavy (non-hydrogen) atoms. The number of carboxylic acids is 1.